The molecule has 2 aliphatic rings. The summed E-state index contributed by atoms with van der Waals surface area (Å²) >= 11 is 0. The standard InChI is InChI=1S/C14H28N2O/c1-3-7-16(8-9-17-4-2)14-10-12-5-6-13(11-14)15-12/h12-15H,3-11H2,1-2H3. The van der Waals surface area contributed by atoms with Gasteiger partial charge in [0.25, 0.3) is 0 Å². The predicted octanol–water partition coefficient (Wildman–Crippen LogP) is 2.02. The molecule has 2 rings (SSSR count). The van der Waals surface area contributed by atoms with Crippen molar-refractivity contribution in [2.45, 2.75) is 64.1 Å². The summed E-state index contributed by atoms with van der Waals surface area (Å²) in [7, 11) is 0. The highest BCUT2D eigenvalue weighted by Gasteiger charge is 2.35. The van der Waals surface area contributed by atoms with Crippen LogP contribution in [0.1, 0.15) is 46.0 Å². The minimum atomic E-state index is 0.796. The lowest BCUT2D eigenvalue weighted by Gasteiger charge is -2.37. The second-order valence-corrected chi connectivity index (χ2v) is 5.50. The SMILES string of the molecule is CCCN(CCOCC)C1CC2CCC(C1)N2. The van der Waals surface area contributed by atoms with E-state index in [0.717, 1.165) is 37.9 Å². The summed E-state index contributed by atoms with van der Waals surface area (Å²) in [6, 6.07) is 2.39. The van der Waals surface area contributed by atoms with E-state index in [-0.39, 0.29) is 0 Å². The Kier molecular flexibility index (Phi) is 5.26. The van der Waals surface area contributed by atoms with Crippen LogP contribution in [-0.2, 0) is 4.74 Å². The number of nitrogens with zero attached hydrogens (tertiary/aromatic N) is 1. The van der Waals surface area contributed by atoms with Gasteiger partial charge in [-0.25, -0.2) is 0 Å². The third kappa shape index (κ3) is 3.67. The average Bonchev–Trinajstić information content (AvgIpc) is 2.67. The smallest absolute Gasteiger partial charge is 0.0593 e. The second kappa shape index (κ2) is 6.72. The highest BCUT2D eigenvalue weighted by Crippen LogP contribution is 2.29. The van der Waals surface area contributed by atoms with E-state index in [4.69, 9.17) is 4.74 Å². The molecule has 0 aliphatic carbocycles. The maximum absolute atomic E-state index is 5.51. The van der Waals surface area contributed by atoms with Crippen molar-refractivity contribution in [3.63, 3.8) is 0 Å². The third-order valence-corrected chi connectivity index (χ3v) is 4.20. The number of hydrogen-bond acceptors (Lipinski definition) is 3. The number of fused-ring (bicyclic) bond motifs is 2. The maximum Gasteiger partial charge on any atom is 0.0593 e. The van der Waals surface area contributed by atoms with Crippen LogP contribution >= 0.6 is 0 Å². The predicted molar refractivity (Wildman–Crippen MR) is 71.3 cm³/mol. The maximum atomic E-state index is 5.51. The zero-order valence-electron chi connectivity index (χ0n) is 11.5. The Hall–Kier alpha value is -0.120. The fraction of sp³-hybridized carbons (Fsp3) is 1.00. The monoisotopic (exact) mass is 240 g/mol. The molecule has 3 nitrogen and oxygen atoms in total. The number of piperidine rings is 1. The van der Waals surface area contributed by atoms with Crippen LogP contribution in [0.15, 0.2) is 0 Å². The van der Waals surface area contributed by atoms with Gasteiger partial charge in [0.2, 0.25) is 0 Å². The molecule has 0 aromatic heterocycles. The van der Waals surface area contributed by atoms with E-state index in [1.807, 2.05) is 0 Å². The van der Waals surface area contributed by atoms with Gasteiger partial charge in [0, 0.05) is 31.3 Å². The molecule has 0 radical (unpaired) electrons. The lowest BCUT2D eigenvalue weighted by molar-refractivity contribution is 0.0774. The summed E-state index contributed by atoms with van der Waals surface area (Å²) in [6.07, 6.45) is 6.75. The van der Waals surface area contributed by atoms with E-state index in [2.05, 4.69) is 24.1 Å². The molecule has 2 fully saturated rings. The molecule has 1 N–H and O–H groups in total. The third-order valence-electron chi connectivity index (χ3n) is 4.20. The number of rotatable bonds is 7. The van der Waals surface area contributed by atoms with E-state index in [1.54, 1.807) is 0 Å². The fourth-order valence-electron chi connectivity index (χ4n) is 3.42. The van der Waals surface area contributed by atoms with Crippen molar-refractivity contribution in [2.75, 3.05) is 26.3 Å². The Morgan fingerprint density at radius 2 is 1.82 bits per heavy atom. The minimum absolute atomic E-state index is 0.796. The van der Waals surface area contributed by atoms with Gasteiger partial charge < -0.3 is 10.1 Å². The Labute approximate surface area is 106 Å². The molecule has 0 aromatic carbocycles. The van der Waals surface area contributed by atoms with E-state index in [1.165, 1.54) is 38.6 Å². The van der Waals surface area contributed by atoms with Gasteiger partial charge >= 0.3 is 0 Å². The van der Waals surface area contributed by atoms with E-state index < -0.39 is 0 Å². The summed E-state index contributed by atoms with van der Waals surface area (Å²) in [6.45, 7) is 8.45. The lowest BCUT2D eigenvalue weighted by atomic mass is 9.98. The largest absolute Gasteiger partial charge is 0.380 e. The normalized spacial score (nSPS) is 32.3. The van der Waals surface area contributed by atoms with Gasteiger partial charge in [-0.05, 0) is 45.6 Å². The fourth-order valence-corrected chi connectivity index (χ4v) is 3.42. The summed E-state index contributed by atoms with van der Waals surface area (Å²) in [5, 5.41) is 3.73. The van der Waals surface area contributed by atoms with E-state index in [9.17, 15) is 0 Å². The van der Waals surface area contributed by atoms with Crippen LogP contribution in [0.5, 0.6) is 0 Å². The molecule has 0 aromatic rings. The first-order valence-corrected chi connectivity index (χ1v) is 7.41. The van der Waals surface area contributed by atoms with Crippen LogP contribution in [0.2, 0.25) is 0 Å². The van der Waals surface area contributed by atoms with Crippen molar-refractivity contribution in [1.29, 1.82) is 0 Å². The molecule has 2 atom stereocenters. The summed E-state index contributed by atoms with van der Waals surface area (Å²) in [5.74, 6) is 0. The summed E-state index contributed by atoms with van der Waals surface area (Å²) in [5.41, 5.74) is 0. The second-order valence-electron chi connectivity index (χ2n) is 5.50. The molecule has 2 aliphatic heterocycles. The lowest BCUT2D eigenvalue weighted by Crippen LogP contribution is -2.49. The topological polar surface area (TPSA) is 24.5 Å². The highest BCUT2D eigenvalue weighted by molar-refractivity contribution is 4.95. The molecule has 17 heavy (non-hydrogen) atoms. The molecule has 2 bridgehead atoms. The Morgan fingerprint density at radius 3 is 2.41 bits per heavy atom. The van der Waals surface area contributed by atoms with Gasteiger partial charge in [-0.2, -0.15) is 0 Å². The Balaban J connectivity index is 1.82. The summed E-state index contributed by atoms with van der Waals surface area (Å²) < 4.78 is 5.51. The van der Waals surface area contributed by atoms with Gasteiger partial charge in [0.1, 0.15) is 0 Å². The van der Waals surface area contributed by atoms with Crippen LogP contribution in [0.3, 0.4) is 0 Å². The first-order valence-electron chi connectivity index (χ1n) is 7.41. The number of ether oxygens (including phenoxy) is 1. The van der Waals surface area contributed by atoms with E-state index >= 15 is 0 Å². The molecule has 0 saturated carbocycles. The number of nitrogens with one attached hydrogen (secondary N) is 1. The molecular weight excluding hydrogens is 212 g/mol. The van der Waals surface area contributed by atoms with Gasteiger partial charge in [-0.3, -0.25) is 4.90 Å². The molecule has 0 spiro atoms. The molecule has 3 heteroatoms. The van der Waals surface area contributed by atoms with Crippen molar-refractivity contribution < 1.29 is 4.74 Å². The molecule has 0 amide bonds. The Morgan fingerprint density at radius 1 is 1.12 bits per heavy atom. The zero-order valence-corrected chi connectivity index (χ0v) is 11.5. The van der Waals surface area contributed by atoms with Crippen LogP contribution in [0.4, 0.5) is 0 Å². The van der Waals surface area contributed by atoms with Gasteiger partial charge in [-0.15, -0.1) is 0 Å². The van der Waals surface area contributed by atoms with Crippen LogP contribution < -0.4 is 5.32 Å². The summed E-state index contributed by atoms with van der Waals surface area (Å²) in [4.78, 5) is 2.67. The van der Waals surface area contributed by atoms with E-state index in [0.29, 0.717) is 0 Å². The first-order chi connectivity index (χ1) is 8.33. The minimum Gasteiger partial charge on any atom is -0.380 e. The van der Waals surface area contributed by atoms with Crippen molar-refractivity contribution in [3.8, 4) is 0 Å². The zero-order chi connectivity index (χ0) is 12.1. The van der Waals surface area contributed by atoms with Crippen molar-refractivity contribution in [1.82, 2.24) is 10.2 Å². The van der Waals surface area contributed by atoms with Crippen LogP contribution in [0, 0.1) is 0 Å². The van der Waals surface area contributed by atoms with Gasteiger partial charge in [-0.1, -0.05) is 6.92 Å². The van der Waals surface area contributed by atoms with Crippen molar-refractivity contribution in [3.05, 3.63) is 0 Å². The molecule has 100 valence electrons. The Bertz CT molecular complexity index is 210. The van der Waals surface area contributed by atoms with Crippen LogP contribution in [0.25, 0.3) is 0 Å². The highest BCUT2D eigenvalue weighted by atomic mass is 16.5. The van der Waals surface area contributed by atoms with Crippen molar-refractivity contribution >= 4 is 0 Å². The van der Waals surface area contributed by atoms with Crippen molar-refractivity contribution in [2.24, 2.45) is 0 Å². The molecule has 2 saturated heterocycles. The first kappa shape index (κ1) is 13.3. The molecule has 2 heterocycles. The average molecular weight is 240 g/mol. The van der Waals surface area contributed by atoms with Gasteiger partial charge in [0.05, 0.1) is 6.61 Å². The van der Waals surface area contributed by atoms with Crippen LogP contribution in [-0.4, -0.2) is 49.3 Å². The quantitative estimate of drug-likeness (QED) is 0.689. The van der Waals surface area contributed by atoms with Gasteiger partial charge in [0.15, 0.2) is 0 Å². The number of hydrogen-bond donors (Lipinski definition) is 1. The molecule has 2 unspecified atom stereocenters. The molecular formula is C14H28N2O.